The first kappa shape index (κ1) is 21.8. The van der Waals surface area contributed by atoms with Crippen LogP contribution in [-0.4, -0.2) is 16.8 Å². The molecular weight excluding hydrogens is 426 g/mol. The lowest BCUT2D eigenvalue weighted by atomic mass is 9.87. The van der Waals surface area contributed by atoms with Crippen molar-refractivity contribution < 1.29 is 14.3 Å². The summed E-state index contributed by atoms with van der Waals surface area (Å²) in [6.45, 7) is 6.26. The predicted octanol–water partition coefficient (Wildman–Crippen LogP) is 6.14. The number of anilines is 2. The summed E-state index contributed by atoms with van der Waals surface area (Å²) in [7, 11) is 0. The van der Waals surface area contributed by atoms with E-state index in [4.69, 9.17) is 16.3 Å². The third kappa shape index (κ3) is 5.08. The van der Waals surface area contributed by atoms with Crippen molar-refractivity contribution in [1.82, 2.24) is 4.98 Å². The summed E-state index contributed by atoms with van der Waals surface area (Å²) in [4.78, 5) is 28.6. The maximum absolute atomic E-state index is 12.6. The van der Waals surface area contributed by atoms with Gasteiger partial charge in [-0.1, -0.05) is 38.4 Å². The second kappa shape index (κ2) is 8.63. The Bertz CT molecular complexity index is 1200. The van der Waals surface area contributed by atoms with Gasteiger partial charge in [0.15, 0.2) is 0 Å². The summed E-state index contributed by atoms with van der Waals surface area (Å²) in [6.07, 6.45) is 2.31. The molecule has 6 nitrogen and oxygen atoms in total. The first-order valence-electron chi connectivity index (χ1n) is 10.3. The number of aromatic nitrogens is 1. The Kier molecular flexibility index (Phi) is 5.89. The lowest BCUT2D eigenvalue weighted by molar-refractivity contribution is -0.117. The van der Waals surface area contributed by atoms with Crippen LogP contribution >= 0.6 is 11.6 Å². The topological polar surface area (TPSA) is 80.3 Å². The minimum atomic E-state index is -0.389. The van der Waals surface area contributed by atoms with Crippen LogP contribution in [0.4, 0.5) is 16.2 Å². The van der Waals surface area contributed by atoms with Crippen molar-refractivity contribution in [1.29, 1.82) is 0 Å². The van der Waals surface area contributed by atoms with Crippen molar-refractivity contribution >= 4 is 34.8 Å². The number of benzene rings is 2. The summed E-state index contributed by atoms with van der Waals surface area (Å²) in [5, 5.41) is 6.21. The van der Waals surface area contributed by atoms with Gasteiger partial charge in [-0.3, -0.25) is 9.78 Å². The molecule has 0 radical (unpaired) electrons. The van der Waals surface area contributed by atoms with Gasteiger partial charge < -0.3 is 15.4 Å². The first-order chi connectivity index (χ1) is 15.2. The van der Waals surface area contributed by atoms with Gasteiger partial charge in [-0.25, -0.2) is 4.79 Å². The predicted molar refractivity (Wildman–Crippen MR) is 126 cm³/mol. The van der Waals surface area contributed by atoms with Crippen LogP contribution in [-0.2, 0) is 23.1 Å². The van der Waals surface area contributed by atoms with Gasteiger partial charge in [-0.15, -0.1) is 0 Å². The highest BCUT2D eigenvalue weighted by atomic mass is 35.5. The number of hydrogen-bond acceptors (Lipinski definition) is 4. The number of halogens is 1. The standard InChI is InChI=1S/C25H24ClN3O3/c1-25(2,3)15-9-16(26)11-18(10-15)29-24(31)28-17-5-4-6-20(12-17)32-23-7-8-27-22-14-19(30)13-21(22)23/h4-12H,13-14H2,1-3H3,(H2,28,29,31). The lowest BCUT2D eigenvalue weighted by Gasteiger charge is -2.20. The smallest absolute Gasteiger partial charge is 0.323 e. The molecule has 0 spiro atoms. The number of Topliss-reactive ketones (excluding diaryl/α,β-unsaturated/α-hetero) is 1. The average Bonchev–Trinajstić information content (AvgIpc) is 3.08. The van der Waals surface area contributed by atoms with Gasteiger partial charge in [0.2, 0.25) is 0 Å². The monoisotopic (exact) mass is 449 g/mol. The summed E-state index contributed by atoms with van der Waals surface area (Å²) in [6, 6.07) is 13.9. The third-order valence-electron chi connectivity index (χ3n) is 5.18. The number of pyridine rings is 1. The van der Waals surface area contributed by atoms with E-state index >= 15 is 0 Å². The van der Waals surface area contributed by atoms with E-state index in [1.165, 1.54) is 0 Å². The SMILES string of the molecule is CC(C)(C)c1cc(Cl)cc(NC(=O)Nc2cccc(Oc3ccnc4c3CC(=O)C4)c2)c1. The van der Waals surface area contributed by atoms with Crippen LogP contribution in [0.5, 0.6) is 11.5 Å². The van der Waals surface area contributed by atoms with Crippen LogP contribution in [0.1, 0.15) is 37.6 Å². The Morgan fingerprint density at radius 3 is 2.59 bits per heavy atom. The number of fused-ring (bicyclic) bond motifs is 1. The molecule has 0 bridgehead atoms. The normalized spacial score (nSPS) is 12.9. The van der Waals surface area contributed by atoms with E-state index in [9.17, 15) is 9.59 Å². The minimum absolute atomic E-state index is 0.0960. The zero-order chi connectivity index (χ0) is 22.9. The molecule has 2 N–H and O–H groups in total. The zero-order valence-corrected chi connectivity index (χ0v) is 18.9. The Morgan fingerprint density at radius 1 is 1.03 bits per heavy atom. The van der Waals surface area contributed by atoms with Crippen molar-refractivity contribution in [2.24, 2.45) is 0 Å². The first-order valence-corrected chi connectivity index (χ1v) is 10.7. The fourth-order valence-corrected chi connectivity index (χ4v) is 3.79. The van der Waals surface area contributed by atoms with E-state index in [2.05, 4.69) is 36.4 Å². The van der Waals surface area contributed by atoms with Gasteiger partial charge in [0.25, 0.3) is 0 Å². The number of nitrogens with zero attached hydrogens (tertiary/aromatic N) is 1. The van der Waals surface area contributed by atoms with Crippen molar-refractivity contribution in [2.45, 2.75) is 39.0 Å². The molecule has 0 saturated carbocycles. The van der Waals surface area contributed by atoms with Crippen LogP contribution in [0.25, 0.3) is 0 Å². The van der Waals surface area contributed by atoms with Crippen LogP contribution in [0.2, 0.25) is 5.02 Å². The van der Waals surface area contributed by atoms with E-state index in [0.717, 1.165) is 16.8 Å². The molecule has 1 aliphatic rings. The molecule has 32 heavy (non-hydrogen) atoms. The van der Waals surface area contributed by atoms with Crippen molar-refractivity contribution in [2.75, 3.05) is 10.6 Å². The van der Waals surface area contributed by atoms with Gasteiger partial charge in [-0.05, 0) is 47.4 Å². The third-order valence-corrected chi connectivity index (χ3v) is 5.40. The Labute approximate surface area is 192 Å². The largest absolute Gasteiger partial charge is 0.457 e. The van der Waals surface area contributed by atoms with E-state index < -0.39 is 0 Å². The number of ketones is 1. The fraction of sp³-hybridized carbons (Fsp3) is 0.240. The van der Waals surface area contributed by atoms with Crippen molar-refractivity contribution in [3.8, 4) is 11.5 Å². The molecule has 0 saturated heterocycles. The number of ether oxygens (including phenoxy) is 1. The summed E-state index contributed by atoms with van der Waals surface area (Å²) in [5.74, 6) is 1.29. The number of rotatable bonds is 4. The van der Waals surface area contributed by atoms with Crippen LogP contribution < -0.4 is 15.4 Å². The highest BCUT2D eigenvalue weighted by Gasteiger charge is 2.23. The second-order valence-corrected chi connectivity index (χ2v) is 9.25. The van der Waals surface area contributed by atoms with Crippen molar-refractivity contribution in [3.63, 3.8) is 0 Å². The molecule has 0 atom stereocenters. The van der Waals surface area contributed by atoms with Crippen LogP contribution in [0, 0.1) is 0 Å². The summed E-state index contributed by atoms with van der Waals surface area (Å²) in [5.41, 5.74) is 3.70. The van der Waals surface area contributed by atoms with E-state index in [1.807, 2.05) is 12.1 Å². The van der Waals surface area contributed by atoms with Crippen LogP contribution in [0.15, 0.2) is 54.7 Å². The number of urea groups is 1. The van der Waals surface area contributed by atoms with E-state index in [1.54, 1.807) is 42.6 Å². The Hall–Kier alpha value is -3.38. The molecule has 2 amide bonds. The molecule has 7 heteroatoms. The Morgan fingerprint density at radius 2 is 1.81 bits per heavy atom. The number of hydrogen-bond donors (Lipinski definition) is 2. The summed E-state index contributed by atoms with van der Waals surface area (Å²) >= 11 is 6.23. The molecule has 4 rings (SSSR count). The molecule has 0 aliphatic heterocycles. The average molecular weight is 450 g/mol. The quantitative estimate of drug-likeness (QED) is 0.501. The molecule has 0 fully saturated rings. The minimum Gasteiger partial charge on any atom is -0.457 e. The number of amides is 2. The van der Waals surface area contributed by atoms with Crippen LogP contribution in [0.3, 0.4) is 0 Å². The molecular formula is C25H24ClN3O3. The maximum atomic E-state index is 12.6. The molecule has 1 aliphatic carbocycles. The van der Waals surface area contributed by atoms with Gasteiger partial charge >= 0.3 is 6.03 Å². The second-order valence-electron chi connectivity index (χ2n) is 8.81. The number of carbonyl (C=O) groups is 2. The number of carbonyl (C=O) groups excluding carboxylic acids is 2. The summed E-state index contributed by atoms with van der Waals surface area (Å²) < 4.78 is 6.00. The Balaban J connectivity index is 1.46. The lowest BCUT2D eigenvalue weighted by Crippen LogP contribution is -2.20. The van der Waals surface area contributed by atoms with Crippen molar-refractivity contribution in [3.05, 3.63) is 76.6 Å². The molecule has 2 aromatic carbocycles. The maximum Gasteiger partial charge on any atom is 0.323 e. The molecule has 1 heterocycles. The van der Waals surface area contributed by atoms with Gasteiger partial charge in [0, 0.05) is 47.1 Å². The van der Waals surface area contributed by atoms with Gasteiger partial charge in [0.1, 0.15) is 17.3 Å². The highest BCUT2D eigenvalue weighted by Crippen LogP contribution is 2.32. The molecule has 0 unspecified atom stereocenters. The van der Waals surface area contributed by atoms with Gasteiger partial charge in [-0.2, -0.15) is 0 Å². The zero-order valence-electron chi connectivity index (χ0n) is 18.2. The molecule has 3 aromatic rings. The highest BCUT2D eigenvalue weighted by molar-refractivity contribution is 6.31. The molecule has 164 valence electrons. The van der Waals surface area contributed by atoms with E-state index in [-0.39, 0.29) is 17.2 Å². The molecule has 1 aromatic heterocycles. The fourth-order valence-electron chi connectivity index (χ4n) is 3.55. The van der Waals surface area contributed by atoms with Gasteiger partial charge in [0.05, 0.1) is 5.69 Å². The number of nitrogens with one attached hydrogen (secondary N) is 2. The van der Waals surface area contributed by atoms with E-state index in [0.29, 0.717) is 40.7 Å².